The Morgan fingerprint density at radius 1 is 1.31 bits per heavy atom. The zero-order valence-corrected chi connectivity index (χ0v) is 10.7. The van der Waals surface area contributed by atoms with Crippen molar-refractivity contribution in [2.45, 2.75) is 40.0 Å². The highest BCUT2D eigenvalue weighted by Gasteiger charge is 2.16. The van der Waals surface area contributed by atoms with Crippen molar-refractivity contribution in [1.82, 2.24) is 0 Å². The van der Waals surface area contributed by atoms with Gasteiger partial charge in [-0.25, -0.2) is 0 Å². The molecule has 1 aromatic rings. The van der Waals surface area contributed by atoms with Crippen molar-refractivity contribution < 1.29 is 5.11 Å². The van der Waals surface area contributed by atoms with Gasteiger partial charge >= 0.3 is 0 Å². The number of aryl methyl sites for hydroxylation is 1. The van der Waals surface area contributed by atoms with Crippen molar-refractivity contribution in [3.05, 3.63) is 35.4 Å². The quantitative estimate of drug-likeness (QED) is 0.777. The fourth-order valence-electron chi connectivity index (χ4n) is 2.28. The van der Waals surface area contributed by atoms with Crippen molar-refractivity contribution >= 4 is 0 Å². The molecule has 2 unspecified atom stereocenters. The van der Waals surface area contributed by atoms with E-state index in [0.29, 0.717) is 18.4 Å². The summed E-state index contributed by atoms with van der Waals surface area (Å²) in [6.07, 6.45) is 3.40. The monoisotopic (exact) mass is 220 g/mol. The number of aliphatic hydroxyl groups excluding tert-OH is 1. The Balaban J connectivity index is 2.62. The molecule has 0 radical (unpaired) electrons. The second kappa shape index (κ2) is 6.70. The van der Waals surface area contributed by atoms with E-state index < -0.39 is 0 Å². The number of benzene rings is 1. The normalized spacial score (nSPS) is 14.8. The van der Waals surface area contributed by atoms with Crippen LogP contribution in [-0.4, -0.2) is 11.7 Å². The summed E-state index contributed by atoms with van der Waals surface area (Å²) in [7, 11) is 0. The summed E-state index contributed by atoms with van der Waals surface area (Å²) in [5.41, 5.74) is 2.65. The van der Waals surface area contributed by atoms with Crippen LogP contribution in [0.5, 0.6) is 0 Å². The van der Waals surface area contributed by atoms with Crippen LogP contribution in [-0.2, 0) is 6.42 Å². The Bertz CT molecular complexity index is 306. The summed E-state index contributed by atoms with van der Waals surface area (Å²) in [6.45, 7) is 6.87. The highest BCUT2D eigenvalue weighted by molar-refractivity contribution is 5.22. The van der Waals surface area contributed by atoms with Crippen LogP contribution in [0.15, 0.2) is 24.3 Å². The molecule has 0 heterocycles. The van der Waals surface area contributed by atoms with Crippen LogP contribution in [0.2, 0.25) is 0 Å². The number of hydrogen-bond donors (Lipinski definition) is 1. The van der Waals surface area contributed by atoms with E-state index in [4.69, 9.17) is 0 Å². The van der Waals surface area contributed by atoms with Gasteiger partial charge in [-0.3, -0.25) is 0 Å². The van der Waals surface area contributed by atoms with Crippen molar-refractivity contribution in [2.24, 2.45) is 11.8 Å². The maximum absolute atomic E-state index is 9.45. The van der Waals surface area contributed by atoms with Crippen LogP contribution in [0, 0.1) is 18.8 Å². The van der Waals surface area contributed by atoms with Crippen LogP contribution in [0.1, 0.15) is 37.8 Å². The number of rotatable bonds is 6. The zero-order valence-electron chi connectivity index (χ0n) is 10.7. The smallest absolute Gasteiger partial charge is 0.0464 e. The molecule has 1 heteroatoms. The molecule has 90 valence electrons. The van der Waals surface area contributed by atoms with Crippen molar-refractivity contribution in [3.63, 3.8) is 0 Å². The molecule has 0 fully saturated rings. The lowest BCUT2D eigenvalue weighted by molar-refractivity contribution is 0.176. The minimum absolute atomic E-state index is 0.301. The van der Waals surface area contributed by atoms with E-state index in [9.17, 15) is 5.11 Å². The van der Waals surface area contributed by atoms with Gasteiger partial charge in [0.1, 0.15) is 0 Å². The molecule has 0 aromatic heterocycles. The number of aliphatic hydroxyl groups is 1. The first kappa shape index (κ1) is 13.2. The molecule has 0 bridgehead atoms. The van der Waals surface area contributed by atoms with Crippen LogP contribution in [0.4, 0.5) is 0 Å². The van der Waals surface area contributed by atoms with Gasteiger partial charge in [0.25, 0.3) is 0 Å². The zero-order chi connectivity index (χ0) is 12.0. The van der Waals surface area contributed by atoms with Crippen molar-refractivity contribution in [3.8, 4) is 0 Å². The topological polar surface area (TPSA) is 20.2 Å². The Hall–Kier alpha value is -0.820. The van der Waals surface area contributed by atoms with E-state index >= 15 is 0 Å². The van der Waals surface area contributed by atoms with Gasteiger partial charge < -0.3 is 5.11 Å². The van der Waals surface area contributed by atoms with Crippen LogP contribution in [0.3, 0.4) is 0 Å². The Labute approximate surface area is 99.5 Å². The average molecular weight is 220 g/mol. The third kappa shape index (κ3) is 3.97. The van der Waals surface area contributed by atoms with Gasteiger partial charge in [0.15, 0.2) is 0 Å². The minimum atomic E-state index is 0.301. The first-order valence-electron chi connectivity index (χ1n) is 6.33. The highest BCUT2D eigenvalue weighted by Crippen LogP contribution is 2.21. The first-order valence-corrected chi connectivity index (χ1v) is 6.33. The summed E-state index contributed by atoms with van der Waals surface area (Å²) in [6, 6.07) is 8.60. The van der Waals surface area contributed by atoms with Crippen LogP contribution in [0.25, 0.3) is 0 Å². The maximum atomic E-state index is 9.45. The van der Waals surface area contributed by atoms with Gasteiger partial charge in [0.05, 0.1) is 0 Å². The molecular weight excluding hydrogens is 196 g/mol. The van der Waals surface area contributed by atoms with Crippen LogP contribution >= 0.6 is 0 Å². The standard InChI is InChI=1S/C15H24O/c1-4-6-13(3)15(11-16)10-14-8-5-7-12(2)9-14/h5,7-9,13,15-16H,4,6,10-11H2,1-3H3. The fraction of sp³-hybridized carbons (Fsp3) is 0.600. The molecule has 0 saturated carbocycles. The van der Waals surface area contributed by atoms with E-state index in [-0.39, 0.29) is 0 Å². The summed E-state index contributed by atoms with van der Waals surface area (Å²) < 4.78 is 0. The minimum Gasteiger partial charge on any atom is -0.396 e. The molecule has 0 saturated heterocycles. The van der Waals surface area contributed by atoms with E-state index in [1.807, 2.05) is 0 Å². The SMILES string of the molecule is CCCC(C)C(CO)Cc1cccc(C)c1. The Morgan fingerprint density at radius 3 is 2.62 bits per heavy atom. The summed E-state index contributed by atoms with van der Waals surface area (Å²) >= 11 is 0. The molecule has 0 aliphatic carbocycles. The molecule has 2 atom stereocenters. The van der Waals surface area contributed by atoms with E-state index in [2.05, 4.69) is 45.0 Å². The highest BCUT2D eigenvalue weighted by atomic mass is 16.3. The largest absolute Gasteiger partial charge is 0.396 e. The van der Waals surface area contributed by atoms with Crippen molar-refractivity contribution in [2.75, 3.05) is 6.61 Å². The molecule has 0 aliphatic heterocycles. The summed E-state index contributed by atoms with van der Waals surface area (Å²) in [4.78, 5) is 0. The predicted octanol–water partition coefficient (Wildman–Crippen LogP) is 3.58. The third-order valence-corrected chi connectivity index (χ3v) is 3.36. The molecular formula is C15H24O. The second-order valence-corrected chi connectivity index (χ2v) is 4.90. The second-order valence-electron chi connectivity index (χ2n) is 4.90. The van der Waals surface area contributed by atoms with Crippen molar-refractivity contribution in [1.29, 1.82) is 0 Å². The number of hydrogen-bond acceptors (Lipinski definition) is 1. The van der Waals surface area contributed by atoms with E-state index in [0.717, 1.165) is 6.42 Å². The molecule has 16 heavy (non-hydrogen) atoms. The Kier molecular flexibility index (Phi) is 5.54. The van der Waals surface area contributed by atoms with Crippen LogP contribution < -0.4 is 0 Å². The van der Waals surface area contributed by atoms with E-state index in [1.165, 1.54) is 24.0 Å². The molecule has 0 spiro atoms. The van der Waals surface area contributed by atoms with Gasteiger partial charge in [0, 0.05) is 6.61 Å². The van der Waals surface area contributed by atoms with E-state index in [1.54, 1.807) is 0 Å². The third-order valence-electron chi connectivity index (χ3n) is 3.36. The lowest BCUT2D eigenvalue weighted by atomic mass is 9.85. The van der Waals surface area contributed by atoms with Gasteiger partial charge in [-0.15, -0.1) is 0 Å². The maximum Gasteiger partial charge on any atom is 0.0464 e. The van der Waals surface area contributed by atoms with Gasteiger partial charge in [-0.05, 0) is 30.7 Å². The molecule has 1 rings (SSSR count). The predicted molar refractivity (Wildman–Crippen MR) is 69.5 cm³/mol. The molecule has 1 aromatic carbocycles. The molecule has 1 N–H and O–H groups in total. The van der Waals surface area contributed by atoms with Gasteiger partial charge in [-0.2, -0.15) is 0 Å². The molecule has 0 amide bonds. The lowest BCUT2D eigenvalue weighted by Gasteiger charge is -2.21. The average Bonchev–Trinajstić information content (AvgIpc) is 2.26. The fourth-order valence-corrected chi connectivity index (χ4v) is 2.28. The first-order chi connectivity index (χ1) is 7.67. The summed E-state index contributed by atoms with van der Waals surface area (Å²) in [5, 5.41) is 9.45. The lowest BCUT2D eigenvalue weighted by Crippen LogP contribution is -2.18. The molecule has 1 nitrogen and oxygen atoms in total. The Morgan fingerprint density at radius 2 is 2.06 bits per heavy atom. The summed E-state index contributed by atoms with van der Waals surface area (Å²) in [5.74, 6) is 1.01. The van der Waals surface area contributed by atoms with Gasteiger partial charge in [0.2, 0.25) is 0 Å². The van der Waals surface area contributed by atoms with Gasteiger partial charge in [-0.1, -0.05) is 56.5 Å². The molecule has 0 aliphatic rings.